The van der Waals surface area contributed by atoms with E-state index < -0.39 is 35.9 Å². The number of aliphatic imine (C=N–C) groups is 2. The van der Waals surface area contributed by atoms with Gasteiger partial charge in [0.2, 0.25) is 11.8 Å². The highest BCUT2D eigenvalue weighted by atomic mass is 16.4. The van der Waals surface area contributed by atoms with Crippen molar-refractivity contribution in [2.24, 2.45) is 32.9 Å². The number of Topliss-reactive ketones (excluding diaryl/α,β-unsaturated/α-hetero) is 1. The summed E-state index contributed by atoms with van der Waals surface area (Å²) >= 11 is 0. The number of guanidine groups is 2. The molecule has 3 atom stereocenters. The van der Waals surface area contributed by atoms with Crippen LogP contribution >= 0.6 is 0 Å². The van der Waals surface area contributed by atoms with E-state index in [0.717, 1.165) is 5.56 Å². The van der Waals surface area contributed by atoms with Gasteiger partial charge < -0.3 is 49.1 Å². The van der Waals surface area contributed by atoms with Gasteiger partial charge in [0.05, 0.1) is 19.0 Å². The van der Waals surface area contributed by atoms with Crippen molar-refractivity contribution >= 4 is 35.5 Å². The molecule has 0 saturated heterocycles. The highest BCUT2D eigenvalue weighted by Gasteiger charge is 2.29. The van der Waals surface area contributed by atoms with Crippen LogP contribution in [0.4, 0.5) is 0 Å². The Kier molecular flexibility index (Phi) is 14.6. The molecule has 2 aromatic rings. The van der Waals surface area contributed by atoms with Crippen molar-refractivity contribution in [3.8, 4) is 5.75 Å². The third kappa shape index (κ3) is 13.7. The number of amides is 2. The molecule has 0 saturated carbocycles. The number of nitrogens with zero attached hydrogens (tertiary/aromatic N) is 2. The largest absolute Gasteiger partial charge is 0.508 e. The average molecular weight is 612 g/mol. The van der Waals surface area contributed by atoms with E-state index in [0.29, 0.717) is 12.0 Å². The average Bonchev–Trinajstić information content (AvgIpc) is 2.97. The van der Waals surface area contributed by atoms with Gasteiger partial charge in [-0.15, -0.1) is 0 Å². The summed E-state index contributed by atoms with van der Waals surface area (Å²) in [6.07, 6.45) is 0.496. The molecule has 0 heterocycles. The predicted octanol–water partition coefficient (Wildman–Crippen LogP) is -1.52. The first-order chi connectivity index (χ1) is 20.9. The van der Waals surface area contributed by atoms with E-state index in [9.17, 15) is 24.3 Å². The molecule has 0 aliphatic rings. The molecule has 44 heavy (non-hydrogen) atoms. The summed E-state index contributed by atoms with van der Waals surface area (Å²) in [7, 11) is 0. The second-order valence-corrected chi connectivity index (χ2v) is 9.99. The Morgan fingerprint density at radius 2 is 1.43 bits per heavy atom. The number of nitrogens with two attached hydrogens (primary N) is 4. The molecule has 0 bridgehead atoms. The highest BCUT2D eigenvalue weighted by Crippen LogP contribution is 2.13. The summed E-state index contributed by atoms with van der Waals surface area (Å²) in [5.41, 5.74) is 23.4. The number of hydrogen-bond donors (Lipinski definition) is 9. The van der Waals surface area contributed by atoms with Crippen LogP contribution in [0, 0.1) is 0 Å². The van der Waals surface area contributed by atoms with Crippen LogP contribution in [-0.4, -0.2) is 83.5 Å². The van der Waals surface area contributed by atoms with Gasteiger partial charge in [-0.2, -0.15) is 0 Å². The number of rotatable bonds is 19. The molecular weight excluding hydrogens is 570 g/mol. The van der Waals surface area contributed by atoms with Crippen molar-refractivity contribution < 1.29 is 29.4 Å². The lowest BCUT2D eigenvalue weighted by Crippen LogP contribution is -2.55. The number of benzene rings is 2. The van der Waals surface area contributed by atoms with Crippen molar-refractivity contribution in [3.63, 3.8) is 0 Å². The number of aliphatic carboxylic acids is 1. The van der Waals surface area contributed by atoms with Crippen molar-refractivity contribution in [2.75, 3.05) is 19.6 Å². The van der Waals surface area contributed by atoms with Crippen LogP contribution in [0.15, 0.2) is 64.6 Å². The molecule has 15 nitrogen and oxygen atoms in total. The van der Waals surface area contributed by atoms with Gasteiger partial charge in [0.1, 0.15) is 17.8 Å². The fourth-order valence-electron chi connectivity index (χ4n) is 4.17. The van der Waals surface area contributed by atoms with E-state index in [4.69, 9.17) is 28.0 Å². The second-order valence-electron chi connectivity index (χ2n) is 9.99. The lowest BCUT2D eigenvalue weighted by molar-refractivity contribution is -0.137. The first-order valence-corrected chi connectivity index (χ1v) is 14.0. The van der Waals surface area contributed by atoms with Crippen LogP contribution in [-0.2, 0) is 32.0 Å². The molecule has 0 unspecified atom stereocenters. The quantitative estimate of drug-likeness (QED) is 0.0499. The minimum absolute atomic E-state index is 0.0470. The van der Waals surface area contributed by atoms with Crippen LogP contribution in [0.25, 0.3) is 0 Å². The van der Waals surface area contributed by atoms with Gasteiger partial charge in [-0.1, -0.05) is 42.5 Å². The van der Waals surface area contributed by atoms with E-state index in [2.05, 4.69) is 25.9 Å². The number of carbonyl (C=O) groups excluding carboxylic acids is 3. The standard InChI is InChI=1S/C29H41N9O6/c30-28(31)35-13-4-7-21(36-27(44)23(38-29(32)33)16-19-8-10-20(39)11-9-19)26(43)37-22(15-18-5-2-1-3-6-18)24(40)17-34-14-12-25(41)42/h1-3,5-6,8-11,21-23,34,39H,4,7,12-17H2,(H,36,44)(H,37,43)(H,41,42)(H4,30,31,35)(H4,32,33,38)/t21-,22-,23-/m0/s1. The van der Waals surface area contributed by atoms with Gasteiger partial charge in [-0.05, 0) is 42.5 Å². The zero-order valence-electron chi connectivity index (χ0n) is 24.3. The Bertz CT molecular complexity index is 1290. The van der Waals surface area contributed by atoms with Gasteiger partial charge in [0, 0.05) is 19.5 Å². The van der Waals surface area contributed by atoms with Crippen LogP contribution in [0.2, 0.25) is 0 Å². The summed E-state index contributed by atoms with van der Waals surface area (Å²) < 4.78 is 0. The molecule has 13 N–H and O–H groups in total. The number of phenols is 1. The second kappa shape index (κ2) is 18.4. The maximum atomic E-state index is 13.6. The zero-order valence-corrected chi connectivity index (χ0v) is 24.3. The first kappa shape index (κ1) is 35.0. The summed E-state index contributed by atoms with van der Waals surface area (Å²) in [4.78, 5) is 58.9. The van der Waals surface area contributed by atoms with Crippen molar-refractivity contribution in [2.45, 2.75) is 50.2 Å². The lowest BCUT2D eigenvalue weighted by atomic mass is 10.0. The van der Waals surface area contributed by atoms with Crippen LogP contribution < -0.4 is 38.9 Å². The Morgan fingerprint density at radius 3 is 2.05 bits per heavy atom. The first-order valence-electron chi connectivity index (χ1n) is 14.0. The van der Waals surface area contributed by atoms with Gasteiger partial charge in [0.25, 0.3) is 0 Å². The minimum atomic E-state index is -1.11. The monoisotopic (exact) mass is 611 g/mol. The summed E-state index contributed by atoms with van der Waals surface area (Å²) in [6, 6.07) is 12.0. The molecule has 0 spiro atoms. The maximum absolute atomic E-state index is 13.6. The molecule has 0 aromatic heterocycles. The Labute approximate surface area is 255 Å². The molecule has 238 valence electrons. The third-order valence-corrected chi connectivity index (χ3v) is 6.35. The summed E-state index contributed by atoms with van der Waals surface area (Å²) in [6.45, 7) is 0.0855. The fraction of sp³-hybridized carbons (Fsp3) is 0.379. The number of phenolic OH excluding ortho intramolecular Hbond substituents is 1. The number of carboxylic acids is 1. The van der Waals surface area contributed by atoms with E-state index >= 15 is 0 Å². The van der Waals surface area contributed by atoms with E-state index in [-0.39, 0.29) is 68.8 Å². The Morgan fingerprint density at radius 1 is 0.795 bits per heavy atom. The molecular formula is C29H41N9O6. The molecule has 15 heteroatoms. The summed E-state index contributed by atoms with van der Waals surface area (Å²) in [5.74, 6) is -3.06. The molecule has 2 amide bonds. The van der Waals surface area contributed by atoms with E-state index in [1.165, 1.54) is 12.1 Å². The molecule has 2 rings (SSSR count). The Balaban J connectivity index is 2.26. The number of carboxylic acid groups (broad SMARTS) is 1. The molecule has 0 fully saturated rings. The number of ketones is 1. The molecule has 2 aromatic carbocycles. The molecule has 0 aliphatic heterocycles. The topological polar surface area (TPSA) is 274 Å². The SMILES string of the molecule is NC(N)=NCCC[C@H](NC(=O)[C@H](Cc1ccc(O)cc1)N=C(N)N)C(=O)N[C@@H](Cc1ccccc1)C(=O)CNCCC(=O)O. The van der Waals surface area contributed by atoms with Crippen LogP contribution in [0.1, 0.15) is 30.4 Å². The van der Waals surface area contributed by atoms with E-state index in [1.807, 2.05) is 18.2 Å². The Hall–Kier alpha value is -5.18. The predicted molar refractivity (Wildman–Crippen MR) is 165 cm³/mol. The van der Waals surface area contributed by atoms with Gasteiger partial charge in [0.15, 0.2) is 17.7 Å². The van der Waals surface area contributed by atoms with Gasteiger partial charge in [-0.3, -0.25) is 24.2 Å². The van der Waals surface area contributed by atoms with Crippen LogP contribution in [0.3, 0.4) is 0 Å². The zero-order chi connectivity index (χ0) is 32.5. The molecule has 0 radical (unpaired) electrons. The van der Waals surface area contributed by atoms with Crippen molar-refractivity contribution in [1.82, 2.24) is 16.0 Å². The van der Waals surface area contributed by atoms with Gasteiger partial charge in [-0.25, -0.2) is 4.99 Å². The number of aromatic hydroxyl groups is 1. The van der Waals surface area contributed by atoms with E-state index in [1.54, 1.807) is 24.3 Å². The van der Waals surface area contributed by atoms with Crippen LogP contribution in [0.5, 0.6) is 5.75 Å². The number of hydrogen-bond acceptors (Lipinski definition) is 8. The number of nitrogens with one attached hydrogen (secondary N) is 3. The fourth-order valence-corrected chi connectivity index (χ4v) is 4.17. The third-order valence-electron chi connectivity index (χ3n) is 6.35. The van der Waals surface area contributed by atoms with Gasteiger partial charge >= 0.3 is 5.97 Å². The van der Waals surface area contributed by atoms with Crippen molar-refractivity contribution in [3.05, 3.63) is 65.7 Å². The highest BCUT2D eigenvalue weighted by molar-refractivity contribution is 5.95. The smallest absolute Gasteiger partial charge is 0.304 e. The summed E-state index contributed by atoms with van der Waals surface area (Å²) in [5, 5.41) is 26.7. The molecule has 0 aliphatic carbocycles. The normalized spacial score (nSPS) is 12.6. The maximum Gasteiger partial charge on any atom is 0.304 e. The van der Waals surface area contributed by atoms with Crippen molar-refractivity contribution in [1.29, 1.82) is 0 Å². The lowest BCUT2D eigenvalue weighted by Gasteiger charge is -2.24. The minimum Gasteiger partial charge on any atom is -0.508 e. The number of carbonyl (C=O) groups is 4.